The van der Waals surface area contributed by atoms with Gasteiger partial charge in [-0.3, -0.25) is 14.8 Å². The highest BCUT2D eigenvalue weighted by Crippen LogP contribution is 2.17. The molecule has 0 aliphatic carbocycles. The van der Waals surface area contributed by atoms with E-state index in [0.717, 1.165) is 5.56 Å². The molecule has 0 saturated heterocycles. The van der Waals surface area contributed by atoms with Crippen LogP contribution >= 0.6 is 0 Å². The van der Waals surface area contributed by atoms with Crippen molar-refractivity contribution in [2.75, 3.05) is 0 Å². The Labute approximate surface area is 122 Å². The fourth-order valence-corrected chi connectivity index (χ4v) is 2.23. The Hall–Kier alpha value is -3.40. The first-order valence-corrected chi connectivity index (χ1v) is 6.32. The molecule has 22 heavy (non-hydrogen) atoms. The molecule has 7 nitrogen and oxygen atoms in total. The van der Waals surface area contributed by atoms with E-state index >= 15 is 0 Å². The zero-order valence-electron chi connectivity index (χ0n) is 11.2. The Morgan fingerprint density at radius 2 is 1.82 bits per heavy atom. The van der Waals surface area contributed by atoms with Crippen LogP contribution in [0.5, 0.6) is 0 Å². The van der Waals surface area contributed by atoms with Crippen molar-refractivity contribution in [1.82, 2.24) is 9.97 Å². The monoisotopic (exact) mass is 295 g/mol. The molecular formula is C15H9N3O4. The molecule has 2 heterocycles. The highest BCUT2D eigenvalue weighted by molar-refractivity contribution is 5.75. The van der Waals surface area contributed by atoms with Crippen LogP contribution in [0.25, 0.3) is 15.9 Å². The molecule has 0 spiro atoms. The number of rotatable bonds is 2. The summed E-state index contributed by atoms with van der Waals surface area (Å²) in [4.78, 5) is 42.5. The van der Waals surface area contributed by atoms with Gasteiger partial charge in [-0.25, -0.2) is 14.4 Å². The van der Waals surface area contributed by atoms with E-state index < -0.39 is 16.9 Å². The lowest BCUT2D eigenvalue weighted by atomic mass is 10.0. The van der Waals surface area contributed by atoms with Gasteiger partial charge in [-0.15, -0.1) is 0 Å². The Balaban J connectivity index is 2.18. The number of aromatic nitrogens is 2. The molecule has 0 bridgehead atoms. The second-order valence-electron chi connectivity index (χ2n) is 4.66. The second-order valence-corrected chi connectivity index (χ2v) is 4.66. The molecule has 0 radical (unpaired) electrons. The quantitative estimate of drug-likeness (QED) is 0.696. The Morgan fingerprint density at radius 1 is 1.09 bits per heavy atom. The summed E-state index contributed by atoms with van der Waals surface area (Å²) in [7, 11) is 0. The Morgan fingerprint density at radius 3 is 2.50 bits per heavy atom. The van der Waals surface area contributed by atoms with E-state index in [1.807, 2.05) is 0 Å². The summed E-state index contributed by atoms with van der Waals surface area (Å²) in [6, 6.07) is 8.02. The van der Waals surface area contributed by atoms with E-state index in [1.165, 1.54) is 6.07 Å². The van der Waals surface area contributed by atoms with Crippen molar-refractivity contribution in [2.24, 2.45) is 0 Å². The maximum atomic E-state index is 11.9. The average Bonchev–Trinajstić information content (AvgIpc) is 2.46. The minimum Gasteiger partial charge on any atom is -0.405 e. The number of hydrogen-bond donors (Lipinski definition) is 2. The predicted molar refractivity (Wildman–Crippen MR) is 79.2 cm³/mol. The lowest BCUT2D eigenvalue weighted by molar-refractivity contribution is 0.545. The summed E-state index contributed by atoms with van der Waals surface area (Å²) in [6.45, 7) is 6.91. The number of benzene rings is 1. The molecule has 0 unspecified atom stereocenters. The van der Waals surface area contributed by atoms with Crippen LogP contribution in [0.1, 0.15) is 11.1 Å². The highest BCUT2D eigenvalue weighted by Gasteiger charge is 2.11. The van der Waals surface area contributed by atoms with Crippen molar-refractivity contribution >= 4 is 16.8 Å². The topological polar surface area (TPSA) is 100 Å². The molecule has 1 aromatic carbocycles. The van der Waals surface area contributed by atoms with Gasteiger partial charge in [0.15, 0.2) is 5.69 Å². The van der Waals surface area contributed by atoms with Crippen LogP contribution in [0.3, 0.4) is 0 Å². The Kier molecular flexibility index (Phi) is 3.20. The van der Waals surface area contributed by atoms with Crippen molar-refractivity contribution in [1.29, 1.82) is 0 Å². The number of fused-ring (bicyclic) bond motifs is 1. The third-order valence-corrected chi connectivity index (χ3v) is 3.18. The van der Waals surface area contributed by atoms with Gasteiger partial charge in [0.1, 0.15) is 5.39 Å². The SMILES string of the molecule is [C-]#[N+]c1ccc(Cc2cc(=O)oc3[nH]c(=O)[nH]c(=O)c23)cc1. The van der Waals surface area contributed by atoms with E-state index in [2.05, 4.69) is 14.8 Å². The molecule has 0 aliphatic heterocycles. The fourth-order valence-electron chi connectivity index (χ4n) is 2.23. The van der Waals surface area contributed by atoms with Gasteiger partial charge in [-0.05, 0) is 17.5 Å². The summed E-state index contributed by atoms with van der Waals surface area (Å²) in [5.74, 6) is 0. The molecule has 0 aliphatic rings. The zero-order chi connectivity index (χ0) is 15.7. The van der Waals surface area contributed by atoms with Gasteiger partial charge >= 0.3 is 11.3 Å². The first-order chi connectivity index (χ1) is 10.6. The van der Waals surface area contributed by atoms with Gasteiger partial charge < -0.3 is 4.42 Å². The van der Waals surface area contributed by atoms with Gasteiger partial charge in [0.25, 0.3) is 5.56 Å². The number of nitrogens with one attached hydrogen (secondary N) is 2. The van der Waals surface area contributed by atoms with E-state index in [1.54, 1.807) is 24.3 Å². The number of aromatic amines is 2. The molecule has 0 amide bonds. The van der Waals surface area contributed by atoms with Crippen molar-refractivity contribution < 1.29 is 4.42 Å². The van der Waals surface area contributed by atoms with E-state index in [9.17, 15) is 14.4 Å². The summed E-state index contributed by atoms with van der Waals surface area (Å²) in [5, 5.41) is 0.133. The molecule has 108 valence electrons. The van der Waals surface area contributed by atoms with Crippen molar-refractivity contribution in [3.63, 3.8) is 0 Å². The van der Waals surface area contributed by atoms with E-state index in [4.69, 9.17) is 11.0 Å². The molecule has 3 aromatic rings. The largest absolute Gasteiger partial charge is 0.405 e. The third kappa shape index (κ3) is 2.45. The minimum absolute atomic E-state index is 0.133. The molecule has 2 N–H and O–H groups in total. The van der Waals surface area contributed by atoms with Crippen LogP contribution in [-0.2, 0) is 6.42 Å². The Bertz CT molecular complexity index is 1060. The number of nitrogens with zero attached hydrogens (tertiary/aromatic N) is 1. The summed E-state index contributed by atoms with van der Waals surface area (Å²) in [6.07, 6.45) is 0.301. The summed E-state index contributed by atoms with van der Waals surface area (Å²) >= 11 is 0. The minimum atomic E-state index is -0.737. The van der Waals surface area contributed by atoms with Gasteiger partial charge in [-0.1, -0.05) is 24.3 Å². The maximum Gasteiger partial charge on any atom is 0.337 e. The molecule has 0 fully saturated rings. The van der Waals surface area contributed by atoms with Crippen LogP contribution in [0.2, 0.25) is 0 Å². The number of H-pyrrole nitrogens is 2. The van der Waals surface area contributed by atoms with Crippen LogP contribution in [-0.4, -0.2) is 9.97 Å². The second kappa shape index (κ2) is 5.18. The smallest absolute Gasteiger partial charge is 0.337 e. The maximum absolute atomic E-state index is 11.9. The zero-order valence-corrected chi connectivity index (χ0v) is 11.2. The summed E-state index contributed by atoms with van der Waals surface area (Å²) in [5.41, 5.74) is -0.377. The van der Waals surface area contributed by atoms with Gasteiger partial charge in [-0.2, -0.15) is 0 Å². The highest BCUT2D eigenvalue weighted by atomic mass is 16.4. The van der Waals surface area contributed by atoms with Crippen molar-refractivity contribution in [2.45, 2.75) is 6.42 Å². The lowest BCUT2D eigenvalue weighted by Gasteiger charge is -2.04. The fraction of sp³-hybridized carbons (Fsp3) is 0.0667. The molecule has 3 rings (SSSR count). The summed E-state index contributed by atoms with van der Waals surface area (Å²) < 4.78 is 4.87. The molecule has 2 aromatic heterocycles. The van der Waals surface area contributed by atoms with Crippen LogP contribution in [0.15, 0.2) is 49.1 Å². The standard InChI is InChI=1S/C15H9N3O4/c1-16-10-4-2-8(3-5-10)6-9-7-11(19)22-14-12(9)13(20)17-15(21)18-14/h2-5,7H,6H2,(H2,17,18,20,21). The van der Waals surface area contributed by atoms with Crippen molar-refractivity contribution in [3.8, 4) is 0 Å². The normalized spacial score (nSPS) is 10.5. The van der Waals surface area contributed by atoms with E-state index in [0.29, 0.717) is 17.7 Å². The lowest BCUT2D eigenvalue weighted by Crippen LogP contribution is -2.24. The predicted octanol–water partition coefficient (Wildman–Crippen LogP) is 1.31. The molecule has 0 saturated carbocycles. The number of hydrogen-bond acceptors (Lipinski definition) is 4. The van der Waals surface area contributed by atoms with Gasteiger partial charge in [0, 0.05) is 6.07 Å². The van der Waals surface area contributed by atoms with E-state index in [-0.39, 0.29) is 11.1 Å². The molecule has 0 atom stereocenters. The van der Waals surface area contributed by atoms with Crippen LogP contribution < -0.4 is 16.9 Å². The first-order valence-electron chi connectivity index (χ1n) is 6.32. The molecular weight excluding hydrogens is 286 g/mol. The van der Waals surface area contributed by atoms with Crippen molar-refractivity contribution in [3.05, 3.63) is 84.1 Å². The van der Waals surface area contributed by atoms with Gasteiger partial charge in [0.05, 0.1) is 6.57 Å². The third-order valence-electron chi connectivity index (χ3n) is 3.18. The van der Waals surface area contributed by atoms with Crippen LogP contribution in [0, 0.1) is 6.57 Å². The van der Waals surface area contributed by atoms with Gasteiger partial charge in [0.2, 0.25) is 5.71 Å². The first kappa shape index (κ1) is 13.6. The molecule has 7 heteroatoms. The van der Waals surface area contributed by atoms with Crippen LogP contribution in [0.4, 0.5) is 5.69 Å². The average molecular weight is 295 g/mol.